The van der Waals surface area contributed by atoms with Crippen LogP contribution in [0.4, 0.5) is 17.1 Å². The lowest BCUT2D eigenvalue weighted by Crippen LogP contribution is -2.26. The molecule has 44 heavy (non-hydrogen) atoms. The topological polar surface area (TPSA) is 3.24 Å². The van der Waals surface area contributed by atoms with Crippen LogP contribution in [0, 0.1) is 0 Å². The Balaban J connectivity index is 1.38. The van der Waals surface area contributed by atoms with Crippen molar-refractivity contribution in [3.05, 3.63) is 186 Å². The summed E-state index contributed by atoms with van der Waals surface area (Å²) >= 11 is 0. The zero-order chi connectivity index (χ0) is 29.4. The highest BCUT2D eigenvalue weighted by Gasteiger charge is 2.51. The van der Waals surface area contributed by atoms with Gasteiger partial charge in [-0.1, -0.05) is 128 Å². The second-order valence-corrected chi connectivity index (χ2v) is 11.7. The van der Waals surface area contributed by atoms with E-state index in [-0.39, 0.29) is 0 Å². The van der Waals surface area contributed by atoms with E-state index in [0.717, 1.165) is 28.2 Å². The van der Waals surface area contributed by atoms with Crippen LogP contribution < -0.4 is 4.90 Å². The second-order valence-electron chi connectivity index (χ2n) is 11.7. The first kappa shape index (κ1) is 24.9. The fourth-order valence-corrected chi connectivity index (χ4v) is 8.19. The fourth-order valence-electron chi connectivity index (χ4n) is 8.19. The SMILES string of the molecule is C=Cc1c(C=C)c2cccc3c2c2c(cccc12)C31c2ccccc2-c2cc(N(c3ccccc3)c3ccccc3)ccc21. The first-order chi connectivity index (χ1) is 21.8. The first-order valence-corrected chi connectivity index (χ1v) is 15.2. The van der Waals surface area contributed by atoms with Gasteiger partial charge in [0.1, 0.15) is 0 Å². The van der Waals surface area contributed by atoms with Crippen molar-refractivity contribution in [2.45, 2.75) is 5.41 Å². The highest BCUT2D eigenvalue weighted by molar-refractivity contribution is 6.22. The van der Waals surface area contributed by atoms with Gasteiger partial charge in [0, 0.05) is 17.1 Å². The zero-order valence-electron chi connectivity index (χ0n) is 24.3. The third-order valence-electron chi connectivity index (χ3n) is 9.78. The van der Waals surface area contributed by atoms with Crippen molar-refractivity contribution in [3.8, 4) is 11.1 Å². The van der Waals surface area contributed by atoms with Crippen LogP contribution in [0.3, 0.4) is 0 Å². The lowest BCUT2D eigenvalue weighted by atomic mass is 9.70. The monoisotopic (exact) mass is 559 g/mol. The summed E-state index contributed by atoms with van der Waals surface area (Å²) in [4.78, 5) is 2.35. The molecule has 9 rings (SSSR count). The zero-order valence-corrected chi connectivity index (χ0v) is 24.3. The molecule has 206 valence electrons. The molecule has 0 unspecified atom stereocenters. The number of benzene rings is 7. The molecule has 0 fully saturated rings. The van der Waals surface area contributed by atoms with Crippen molar-refractivity contribution in [1.29, 1.82) is 0 Å². The minimum absolute atomic E-state index is 0.408. The number of nitrogens with zero attached hydrogens (tertiary/aromatic N) is 1. The summed E-state index contributed by atoms with van der Waals surface area (Å²) < 4.78 is 0. The summed E-state index contributed by atoms with van der Waals surface area (Å²) in [7, 11) is 0. The second kappa shape index (κ2) is 9.17. The molecule has 0 heterocycles. The Morgan fingerprint density at radius 1 is 0.432 bits per heavy atom. The van der Waals surface area contributed by atoms with Gasteiger partial charge in [-0.05, 0) is 102 Å². The van der Waals surface area contributed by atoms with Crippen LogP contribution in [0.2, 0.25) is 0 Å². The van der Waals surface area contributed by atoms with Crippen LogP contribution in [-0.2, 0) is 5.41 Å². The Kier molecular flexibility index (Phi) is 5.19. The standard InChI is InChI=1S/C43H29N/c1-3-31-32(4-2)35-21-14-24-40-42(35)41-34(31)20-13-23-39(41)43(40)37-22-12-11-19-33(37)36-27-30(25-26-38(36)43)44(28-15-7-5-8-16-28)29-17-9-6-10-18-29/h3-27H,1-2H2. The molecule has 0 aromatic heterocycles. The summed E-state index contributed by atoms with van der Waals surface area (Å²) in [6.45, 7) is 8.46. The minimum Gasteiger partial charge on any atom is -0.310 e. The van der Waals surface area contributed by atoms with Crippen LogP contribution in [0.5, 0.6) is 0 Å². The highest BCUT2D eigenvalue weighted by Crippen LogP contribution is 2.63. The molecule has 0 saturated heterocycles. The van der Waals surface area contributed by atoms with Gasteiger partial charge in [-0.25, -0.2) is 0 Å². The Morgan fingerprint density at radius 2 is 0.932 bits per heavy atom. The van der Waals surface area contributed by atoms with Crippen molar-refractivity contribution >= 4 is 50.8 Å². The van der Waals surface area contributed by atoms with Crippen LogP contribution in [0.1, 0.15) is 33.4 Å². The van der Waals surface area contributed by atoms with E-state index in [0.29, 0.717) is 0 Å². The molecule has 2 aliphatic rings. The summed E-state index contributed by atoms with van der Waals surface area (Å²) in [5.74, 6) is 0. The van der Waals surface area contributed by atoms with Gasteiger partial charge in [-0.15, -0.1) is 0 Å². The molecule has 0 amide bonds. The third-order valence-corrected chi connectivity index (χ3v) is 9.78. The number of anilines is 3. The van der Waals surface area contributed by atoms with Crippen molar-refractivity contribution in [2.75, 3.05) is 4.90 Å². The summed E-state index contributed by atoms with van der Waals surface area (Å²) in [6.07, 6.45) is 4.00. The maximum atomic E-state index is 4.23. The van der Waals surface area contributed by atoms with Gasteiger partial charge in [-0.2, -0.15) is 0 Å². The molecule has 1 nitrogen and oxygen atoms in total. The number of para-hydroxylation sites is 2. The van der Waals surface area contributed by atoms with Crippen molar-refractivity contribution in [3.63, 3.8) is 0 Å². The van der Waals surface area contributed by atoms with Gasteiger partial charge in [0.2, 0.25) is 0 Å². The molecule has 7 aromatic carbocycles. The Hall–Kier alpha value is -5.66. The van der Waals surface area contributed by atoms with Crippen LogP contribution in [-0.4, -0.2) is 0 Å². The number of fused-ring (bicyclic) bond motifs is 7. The Bertz CT molecular complexity index is 2200. The molecule has 0 atom stereocenters. The number of hydrogen-bond donors (Lipinski definition) is 0. The molecule has 0 saturated carbocycles. The fraction of sp³-hybridized carbons (Fsp3) is 0.0233. The van der Waals surface area contributed by atoms with Crippen molar-refractivity contribution < 1.29 is 0 Å². The summed E-state index contributed by atoms with van der Waals surface area (Å²) in [5.41, 5.74) is 13.3. The molecule has 0 bridgehead atoms. The number of rotatable bonds is 5. The van der Waals surface area contributed by atoms with Gasteiger partial charge in [-0.3, -0.25) is 0 Å². The molecular weight excluding hydrogens is 530 g/mol. The minimum atomic E-state index is -0.408. The predicted molar refractivity (Wildman–Crippen MR) is 187 cm³/mol. The average molecular weight is 560 g/mol. The van der Waals surface area contributed by atoms with E-state index in [2.05, 4.69) is 158 Å². The van der Waals surface area contributed by atoms with E-state index in [1.165, 1.54) is 54.9 Å². The molecule has 0 aliphatic heterocycles. The average Bonchev–Trinajstić information content (AvgIpc) is 3.56. The van der Waals surface area contributed by atoms with Crippen LogP contribution >= 0.6 is 0 Å². The van der Waals surface area contributed by atoms with E-state index in [1.807, 2.05) is 12.2 Å². The number of hydrogen-bond acceptors (Lipinski definition) is 1. The smallest absolute Gasteiger partial charge is 0.0726 e. The largest absolute Gasteiger partial charge is 0.310 e. The van der Waals surface area contributed by atoms with Crippen molar-refractivity contribution in [2.24, 2.45) is 0 Å². The lowest BCUT2D eigenvalue weighted by Gasteiger charge is -2.31. The molecule has 0 radical (unpaired) electrons. The first-order valence-electron chi connectivity index (χ1n) is 15.2. The lowest BCUT2D eigenvalue weighted by molar-refractivity contribution is 0.797. The van der Waals surface area contributed by atoms with E-state index in [9.17, 15) is 0 Å². The van der Waals surface area contributed by atoms with Gasteiger partial charge >= 0.3 is 0 Å². The van der Waals surface area contributed by atoms with E-state index in [4.69, 9.17) is 0 Å². The maximum absolute atomic E-state index is 4.23. The quantitative estimate of drug-likeness (QED) is 0.190. The van der Waals surface area contributed by atoms with Crippen LogP contribution in [0.25, 0.3) is 44.8 Å². The summed E-state index contributed by atoms with van der Waals surface area (Å²) in [5, 5.41) is 5.15. The van der Waals surface area contributed by atoms with Gasteiger partial charge in [0.05, 0.1) is 5.41 Å². The maximum Gasteiger partial charge on any atom is 0.0726 e. The van der Waals surface area contributed by atoms with E-state index < -0.39 is 5.41 Å². The Morgan fingerprint density at radius 3 is 1.50 bits per heavy atom. The van der Waals surface area contributed by atoms with Crippen molar-refractivity contribution in [1.82, 2.24) is 0 Å². The molecule has 1 spiro atoms. The van der Waals surface area contributed by atoms with Crippen LogP contribution in [0.15, 0.2) is 153 Å². The predicted octanol–water partition coefficient (Wildman–Crippen LogP) is 11.4. The molecule has 0 N–H and O–H groups in total. The molecule has 1 heteroatoms. The van der Waals surface area contributed by atoms with Gasteiger partial charge < -0.3 is 4.90 Å². The van der Waals surface area contributed by atoms with Gasteiger partial charge in [0.25, 0.3) is 0 Å². The van der Waals surface area contributed by atoms with E-state index in [1.54, 1.807) is 0 Å². The van der Waals surface area contributed by atoms with Gasteiger partial charge in [0.15, 0.2) is 0 Å². The molecule has 7 aromatic rings. The third kappa shape index (κ3) is 3.03. The normalized spacial score (nSPS) is 13.4. The summed E-state index contributed by atoms with van der Waals surface area (Å²) in [6, 6.07) is 51.0. The van der Waals surface area contributed by atoms with E-state index >= 15 is 0 Å². The molecular formula is C43H29N. The highest BCUT2D eigenvalue weighted by atomic mass is 15.1. The Labute approximate surface area is 257 Å². The molecule has 2 aliphatic carbocycles.